The van der Waals surface area contributed by atoms with E-state index in [1.165, 1.54) is 23.3 Å². The second-order valence-electron chi connectivity index (χ2n) is 5.78. The number of aliphatic hydroxyl groups excluding tert-OH is 1. The van der Waals surface area contributed by atoms with Crippen LogP contribution in [-0.2, 0) is 6.42 Å². The van der Waals surface area contributed by atoms with E-state index in [-0.39, 0.29) is 0 Å². The molecule has 2 atom stereocenters. The molecule has 1 heterocycles. The molecule has 2 unspecified atom stereocenters. The maximum Gasteiger partial charge on any atom is 0.124 e. The summed E-state index contributed by atoms with van der Waals surface area (Å²) in [6.45, 7) is 0.490. The third kappa shape index (κ3) is 3.52. The zero-order valence-corrected chi connectivity index (χ0v) is 14.4. The van der Waals surface area contributed by atoms with Gasteiger partial charge >= 0.3 is 0 Å². The molecule has 4 nitrogen and oxygen atoms in total. The number of methoxy groups -OCH3 is 2. The van der Waals surface area contributed by atoms with E-state index < -0.39 is 6.10 Å². The Bertz CT molecular complexity index is 655. The number of aliphatic hydroxyl groups is 1. The molecule has 0 fully saturated rings. The standard InChI is InChI=1S/C18H23NO3S/c1-21-12-6-7-17(22-2)14(10-12)16(20)11-19-15-4-3-5-18-13(15)8-9-23-18/h6-10,15-16,19-20H,3-5,11H2,1-2H3. The zero-order valence-electron chi connectivity index (χ0n) is 13.5. The Hall–Kier alpha value is -1.56. The molecular formula is C18H23NO3S. The molecule has 1 aromatic heterocycles. The highest BCUT2D eigenvalue weighted by Crippen LogP contribution is 2.34. The quantitative estimate of drug-likeness (QED) is 0.850. The van der Waals surface area contributed by atoms with Crippen molar-refractivity contribution in [3.05, 3.63) is 45.6 Å². The van der Waals surface area contributed by atoms with Crippen LogP contribution >= 0.6 is 11.3 Å². The number of aryl methyl sites for hydroxylation is 1. The normalized spacial score (nSPS) is 18.3. The lowest BCUT2D eigenvalue weighted by Gasteiger charge is -2.25. The minimum Gasteiger partial charge on any atom is -0.497 e. The lowest BCUT2D eigenvalue weighted by atomic mass is 9.94. The minimum atomic E-state index is -0.635. The minimum absolute atomic E-state index is 0.330. The number of rotatable bonds is 6. The summed E-state index contributed by atoms with van der Waals surface area (Å²) in [5, 5.41) is 16.3. The topological polar surface area (TPSA) is 50.7 Å². The van der Waals surface area contributed by atoms with E-state index in [0.29, 0.717) is 18.3 Å². The van der Waals surface area contributed by atoms with Gasteiger partial charge in [0.15, 0.2) is 0 Å². The highest BCUT2D eigenvalue weighted by atomic mass is 32.1. The van der Waals surface area contributed by atoms with Crippen LogP contribution in [0, 0.1) is 0 Å². The van der Waals surface area contributed by atoms with Crippen molar-refractivity contribution in [3.63, 3.8) is 0 Å². The summed E-state index contributed by atoms with van der Waals surface area (Å²) in [5.74, 6) is 1.40. The van der Waals surface area contributed by atoms with E-state index in [1.54, 1.807) is 14.2 Å². The molecule has 0 aliphatic heterocycles. The van der Waals surface area contributed by atoms with Crippen molar-refractivity contribution in [2.45, 2.75) is 31.4 Å². The molecular weight excluding hydrogens is 310 g/mol. The molecule has 5 heteroatoms. The van der Waals surface area contributed by atoms with Crippen LogP contribution in [0.5, 0.6) is 11.5 Å². The van der Waals surface area contributed by atoms with Crippen molar-refractivity contribution in [1.29, 1.82) is 0 Å². The average Bonchev–Trinajstić information content (AvgIpc) is 3.08. The summed E-state index contributed by atoms with van der Waals surface area (Å²) in [6.07, 6.45) is 2.86. The summed E-state index contributed by atoms with van der Waals surface area (Å²) in [7, 11) is 3.24. The smallest absolute Gasteiger partial charge is 0.124 e. The third-order valence-corrected chi connectivity index (χ3v) is 5.40. The Morgan fingerprint density at radius 2 is 2.17 bits per heavy atom. The molecule has 0 bridgehead atoms. The van der Waals surface area contributed by atoms with E-state index in [0.717, 1.165) is 17.7 Å². The number of benzene rings is 1. The van der Waals surface area contributed by atoms with Gasteiger partial charge in [0.05, 0.1) is 20.3 Å². The molecule has 0 spiro atoms. The van der Waals surface area contributed by atoms with E-state index >= 15 is 0 Å². The fraction of sp³-hybridized carbons (Fsp3) is 0.444. The third-order valence-electron chi connectivity index (χ3n) is 4.41. The molecule has 1 aliphatic carbocycles. The fourth-order valence-electron chi connectivity index (χ4n) is 3.16. The summed E-state index contributed by atoms with van der Waals surface area (Å²) >= 11 is 1.83. The first-order valence-electron chi connectivity index (χ1n) is 7.92. The predicted octanol–water partition coefficient (Wildman–Crippen LogP) is 3.47. The van der Waals surface area contributed by atoms with Crippen molar-refractivity contribution in [3.8, 4) is 11.5 Å². The summed E-state index contributed by atoms with van der Waals surface area (Å²) in [4.78, 5) is 1.47. The van der Waals surface area contributed by atoms with E-state index in [9.17, 15) is 5.11 Å². The van der Waals surface area contributed by atoms with Crippen LogP contribution in [0.25, 0.3) is 0 Å². The summed E-state index contributed by atoms with van der Waals surface area (Å²) < 4.78 is 10.6. The van der Waals surface area contributed by atoms with Crippen LogP contribution in [0.3, 0.4) is 0 Å². The highest BCUT2D eigenvalue weighted by Gasteiger charge is 2.22. The Labute approximate surface area is 141 Å². The van der Waals surface area contributed by atoms with Crippen LogP contribution in [-0.4, -0.2) is 25.9 Å². The van der Waals surface area contributed by atoms with Crippen molar-refractivity contribution in [2.24, 2.45) is 0 Å². The van der Waals surface area contributed by atoms with Gasteiger partial charge in [-0.05, 0) is 54.5 Å². The van der Waals surface area contributed by atoms with Crippen LogP contribution in [0.4, 0.5) is 0 Å². The first kappa shape index (κ1) is 16.3. The fourth-order valence-corrected chi connectivity index (χ4v) is 4.15. The van der Waals surface area contributed by atoms with Gasteiger partial charge < -0.3 is 19.9 Å². The van der Waals surface area contributed by atoms with Gasteiger partial charge in [0.25, 0.3) is 0 Å². The molecule has 0 amide bonds. The van der Waals surface area contributed by atoms with Crippen LogP contribution in [0.15, 0.2) is 29.6 Å². The van der Waals surface area contributed by atoms with Crippen molar-refractivity contribution < 1.29 is 14.6 Å². The number of hydrogen-bond donors (Lipinski definition) is 2. The van der Waals surface area contributed by atoms with Crippen molar-refractivity contribution in [2.75, 3.05) is 20.8 Å². The predicted molar refractivity (Wildman–Crippen MR) is 92.5 cm³/mol. The first-order chi connectivity index (χ1) is 11.2. The molecule has 1 aliphatic rings. The second-order valence-corrected chi connectivity index (χ2v) is 6.78. The lowest BCUT2D eigenvalue weighted by Crippen LogP contribution is -2.28. The largest absolute Gasteiger partial charge is 0.497 e. The highest BCUT2D eigenvalue weighted by molar-refractivity contribution is 7.10. The molecule has 1 aromatic carbocycles. The number of nitrogens with one attached hydrogen (secondary N) is 1. The maximum atomic E-state index is 10.6. The monoisotopic (exact) mass is 333 g/mol. The Morgan fingerprint density at radius 3 is 2.96 bits per heavy atom. The summed E-state index contributed by atoms with van der Waals surface area (Å²) in [6, 6.07) is 8.03. The molecule has 0 saturated heterocycles. The van der Waals surface area contributed by atoms with Gasteiger partial charge in [0, 0.05) is 23.0 Å². The molecule has 2 aromatic rings. The van der Waals surface area contributed by atoms with Gasteiger partial charge in [-0.3, -0.25) is 0 Å². The maximum absolute atomic E-state index is 10.6. The van der Waals surface area contributed by atoms with Crippen LogP contribution in [0.2, 0.25) is 0 Å². The van der Waals surface area contributed by atoms with Crippen LogP contribution in [0.1, 0.15) is 41.0 Å². The number of thiophene rings is 1. The molecule has 0 radical (unpaired) electrons. The molecule has 3 rings (SSSR count). The Balaban J connectivity index is 1.70. The molecule has 0 saturated carbocycles. The van der Waals surface area contributed by atoms with Crippen molar-refractivity contribution >= 4 is 11.3 Å². The Morgan fingerprint density at radius 1 is 1.30 bits per heavy atom. The number of hydrogen-bond acceptors (Lipinski definition) is 5. The lowest BCUT2D eigenvalue weighted by molar-refractivity contribution is 0.164. The SMILES string of the molecule is COc1ccc(OC)c(C(O)CNC2CCCc3sccc32)c1. The van der Waals surface area contributed by atoms with Gasteiger partial charge in [0.1, 0.15) is 11.5 Å². The van der Waals surface area contributed by atoms with E-state index in [1.807, 2.05) is 29.5 Å². The number of fused-ring (bicyclic) bond motifs is 1. The van der Waals surface area contributed by atoms with Crippen LogP contribution < -0.4 is 14.8 Å². The van der Waals surface area contributed by atoms with E-state index in [4.69, 9.17) is 9.47 Å². The van der Waals surface area contributed by atoms with E-state index in [2.05, 4.69) is 16.8 Å². The van der Waals surface area contributed by atoms with Gasteiger partial charge in [0.2, 0.25) is 0 Å². The van der Waals surface area contributed by atoms with Gasteiger partial charge in [-0.1, -0.05) is 0 Å². The van der Waals surface area contributed by atoms with Gasteiger partial charge in [-0.25, -0.2) is 0 Å². The van der Waals surface area contributed by atoms with Gasteiger partial charge in [-0.15, -0.1) is 11.3 Å². The molecule has 124 valence electrons. The number of ether oxygens (including phenoxy) is 2. The average molecular weight is 333 g/mol. The second kappa shape index (κ2) is 7.34. The summed E-state index contributed by atoms with van der Waals surface area (Å²) in [5.41, 5.74) is 2.15. The zero-order chi connectivity index (χ0) is 16.2. The van der Waals surface area contributed by atoms with Gasteiger partial charge in [-0.2, -0.15) is 0 Å². The first-order valence-corrected chi connectivity index (χ1v) is 8.80. The van der Waals surface area contributed by atoms with Crippen molar-refractivity contribution in [1.82, 2.24) is 5.32 Å². The molecule has 23 heavy (non-hydrogen) atoms. The Kier molecular flexibility index (Phi) is 5.20. The molecule has 2 N–H and O–H groups in total.